The molecular formula is C24H26N2O3S. The first kappa shape index (κ1) is 21.6. The van der Waals surface area contributed by atoms with E-state index in [2.05, 4.69) is 5.32 Å². The molecular weight excluding hydrogens is 396 g/mol. The molecule has 2 aromatic carbocycles. The molecule has 1 unspecified atom stereocenters. The van der Waals surface area contributed by atoms with Crippen molar-refractivity contribution in [2.75, 3.05) is 5.32 Å². The molecule has 3 rings (SSSR count). The summed E-state index contributed by atoms with van der Waals surface area (Å²) in [5.41, 5.74) is 9.04. The van der Waals surface area contributed by atoms with Crippen molar-refractivity contribution in [2.45, 2.75) is 39.7 Å². The molecule has 0 spiro atoms. The third-order valence-corrected chi connectivity index (χ3v) is 6.01. The molecule has 0 aliphatic rings. The van der Waals surface area contributed by atoms with Crippen molar-refractivity contribution in [3.05, 3.63) is 70.6 Å². The average molecular weight is 423 g/mol. The molecule has 0 saturated carbocycles. The smallest absolute Gasteiger partial charge is 0.266 e. The number of carbonyl (C=O) groups is 2. The van der Waals surface area contributed by atoms with Gasteiger partial charge in [0.1, 0.15) is 10.8 Å². The van der Waals surface area contributed by atoms with Gasteiger partial charge in [0, 0.05) is 4.88 Å². The number of nitrogens with one attached hydrogen (secondary N) is 1. The second-order valence-corrected chi connectivity index (χ2v) is 8.18. The number of carbonyl (C=O) groups excluding carboxylic acids is 2. The minimum atomic E-state index is -0.680. The predicted molar refractivity (Wildman–Crippen MR) is 122 cm³/mol. The second kappa shape index (κ2) is 9.59. The van der Waals surface area contributed by atoms with Crippen LogP contribution in [0.5, 0.6) is 5.75 Å². The van der Waals surface area contributed by atoms with Crippen molar-refractivity contribution < 1.29 is 14.3 Å². The van der Waals surface area contributed by atoms with Crippen molar-refractivity contribution in [3.63, 3.8) is 0 Å². The lowest BCUT2D eigenvalue weighted by Crippen LogP contribution is -2.32. The third-order valence-electron chi connectivity index (χ3n) is 4.95. The highest BCUT2D eigenvalue weighted by Gasteiger charge is 2.24. The first-order valence-electron chi connectivity index (χ1n) is 9.99. The number of thiophene rings is 1. The van der Waals surface area contributed by atoms with E-state index in [9.17, 15) is 9.59 Å². The summed E-state index contributed by atoms with van der Waals surface area (Å²) in [5, 5.41) is 3.34. The number of benzene rings is 2. The Kier molecular flexibility index (Phi) is 6.90. The number of ether oxygens (including phenoxy) is 1. The third kappa shape index (κ3) is 4.71. The standard InChI is InChI=1S/C24H26N2O3S/c1-4-19-15(3)30-24(21(19)22(25)27)26-23(28)20(5-2)29-18-13-11-17(12-14-18)16-9-7-6-8-10-16/h6-14,20H,4-5H2,1-3H3,(H2,25,27)(H,26,28). The summed E-state index contributed by atoms with van der Waals surface area (Å²) in [6.45, 7) is 5.77. The first-order valence-corrected chi connectivity index (χ1v) is 10.8. The van der Waals surface area contributed by atoms with E-state index in [1.165, 1.54) is 11.3 Å². The van der Waals surface area contributed by atoms with Crippen molar-refractivity contribution in [1.29, 1.82) is 0 Å². The fourth-order valence-corrected chi connectivity index (χ4v) is 4.54. The minimum Gasteiger partial charge on any atom is -0.481 e. The summed E-state index contributed by atoms with van der Waals surface area (Å²) < 4.78 is 5.93. The largest absolute Gasteiger partial charge is 0.481 e. The molecule has 0 saturated heterocycles. The molecule has 156 valence electrons. The van der Waals surface area contributed by atoms with Crippen LogP contribution in [0.25, 0.3) is 11.1 Å². The maximum atomic E-state index is 12.8. The van der Waals surface area contributed by atoms with Crippen LogP contribution in [-0.4, -0.2) is 17.9 Å². The number of amides is 2. The molecule has 2 amide bonds. The Hall–Kier alpha value is -3.12. The van der Waals surface area contributed by atoms with Crippen LogP contribution >= 0.6 is 11.3 Å². The molecule has 0 fully saturated rings. The zero-order valence-corrected chi connectivity index (χ0v) is 18.2. The number of nitrogens with two attached hydrogens (primary N) is 1. The first-order chi connectivity index (χ1) is 14.4. The van der Waals surface area contributed by atoms with Gasteiger partial charge >= 0.3 is 0 Å². The number of hydrogen-bond donors (Lipinski definition) is 2. The number of hydrogen-bond acceptors (Lipinski definition) is 4. The van der Waals surface area contributed by atoms with Gasteiger partial charge in [0.15, 0.2) is 6.10 Å². The van der Waals surface area contributed by atoms with Gasteiger partial charge in [-0.3, -0.25) is 9.59 Å². The second-order valence-electron chi connectivity index (χ2n) is 6.95. The molecule has 0 radical (unpaired) electrons. The molecule has 3 aromatic rings. The van der Waals surface area contributed by atoms with E-state index in [1.54, 1.807) is 0 Å². The summed E-state index contributed by atoms with van der Waals surface area (Å²) in [6.07, 6.45) is 0.488. The van der Waals surface area contributed by atoms with Crippen LogP contribution in [0.4, 0.5) is 5.00 Å². The summed E-state index contributed by atoms with van der Waals surface area (Å²) in [7, 11) is 0. The topological polar surface area (TPSA) is 81.4 Å². The van der Waals surface area contributed by atoms with Gasteiger partial charge in [-0.25, -0.2) is 0 Å². The van der Waals surface area contributed by atoms with Gasteiger partial charge < -0.3 is 15.8 Å². The van der Waals surface area contributed by atoms with Crippen LogP contribution in [0.15, 0.2) is 54.6 Å². The maximum absolute atomic E-state index is 12.8. The van der Waals surface area contributed by atoms with Crippen LogP contribution in [0.3, 0.4) is 0 Å². The van der Waals surface area contributed by atoms with E-state index in [0.29, 0.717) is 29.2 Å². The molecule has 1 aromatic heterocycles. The van der Waals surface area contributed by atoms with Crippen molar-refractivity contribution in [2.24, 2.45) is 5.73 Å². The summed E-state index contributed by atoms with van der Waals surface area (Å²) in [4.78, 5) is 25.7. The molecule has 0 aliphatic heterocycles. The average Bonchev–Trinajstić information content (AvgIpc) is 3.07. The highest BCUT2D eigenvalue weighted by molar-refractivity contribution is 7.16. The minimum absolute atomic E-state index is 0.295. The lowest BCUT2D eigenvalue weighted by Gasteiger charge is -2.17. The number of anilines is 1. The molecule has 1 heterocycles. The monoisotopic (exact) mass is 422 g/mol. The van der Waals surface area contributed by atoms with Gasteiger partial charge in [0.2, 0.25) is 0 Å². The number of rotatable bonds is 8. The summed E-state index contributed by atoms with van der Waals surface area (Å²) in [6, 6.07) is 17.7. The van der Waals surface area contributed by atoms with Crippen molar-refractivity contribution in [1.82, 2.24) is 0 Å². The van der Waals surface area contributed by atoms with Crippen LogP contribution < -0.4 is 15.8 Å². The number of aryl methyl sites for hydroxylation is 1. The maximum Gasteiger partial charge on any atom is 0.266 e. The Morgan fingerprint density at radius 3 is 2.23 bits per heavy atom. The van der Waals surface area contributed by atoms with E-state index >= 15 is 0 Å². The fourth-order valence-electron chi connectivity index (χ4n) is 3.39. The van der Waals surface area contributed by atoms with E-state index < -0.39 is 12.0 Å². The van der Waals surface area contributed by atoms with Gasteiger partial charge in [-0.05, 0) is 48.6 Å². The Labute approximate surface area is 180 Å². The molecule has 0 bridgehead atoms. The number of primary amides is 1. The van der Waals surface area contributed by atoms with E-state index in [4.69, 9.17) is 10.5 Å². The van der Waals surface area contributed by atoms with Crippen molar-refractivity contribution in [3.8, 4) is 16.9 Å². The van der Waals surface area contributed by atoms with Gasteiger partial charge in [0.05, 0.1) is 5.56 Å². The quantitative estimate of drug-likeness (QED) is 0.525. The lowest BCUT2D eigenvalue weighted by molar-refractivity contribution is -0.122. The Morgan fingerprint density at radius 2 is 1.67 bits per heavy atom. The fraction of sp³-hybridized carbons (Fsp3) is 0.250. The van der Waals surface area contributed by atoms with Crippen LogP contribution in [0.2, 0.25) is 0 Å². The zero-order chi connectivity index (χ0) is 21.7. The molecule has 0 aliphatic carbocycles. The predicted octanol–water partition coefficient (Wildman–Crippen LogP) is 5.18. The highest BCUT2D eigenvalue weighted by atomic mass is 32.1. The molecule has 3 N–H and O–H groups in total. The van der Waals surface area contributed by atoms with Crippen LogP contribution in [0, 0.1) is 6.92 Å². The van der Waals surface area contributed by atoms with E-state index in [1.807, 2.05) is 75.4 Å². The van der Waals surface area contributed by atoms with Gasteiger partial charge in [-0.15, -0.1) is 11.3 Å². The summed E-state index contributed by atoms with van der Waals surface area (Å²) in [5.74, 6) is -0.212. The van der Waals surface area contributed by atoms with Crippen LogP contribution in [-0.2, 0) is 11.2 Å². The molecule has 1 atom stereocenters. The normalized spacial score (nSPS) is 11.7. The van der Waals surface area contributed by atoms with Crippen molar-refractivity contribution >= 4 is 28.2 Å². The molecule has 30 heavy (non-hydrogen) atoms. The van der Waals surface area contributed by atoms with Gasteiger partial charge in [-0.2, -0.15) is 0 Å². The molecule has 5 nitrogen and oxygen atoms in total. The zero-order valence-electron chi connectivity index (χ0n) is 17.4. The highest BCUT2D eigenvalue weighted by Crippen LogP contribution is 2.33. The van der Waals surface area contributed by atoms with Crippen LogP contribution in [0.1, 0.15) is 41.1 Å². The summed E-state index contributed by atoms with van der Waals surface area (Å²) >= 11 is 1.37. The Bertz CT molecular complexity index is 1030. The lowest BCUT2D eigenvalue weighted by atomic mass is 10.1. The SMILES string of the molecule is CCc1c(C)sc(NC(=O)C(CC)Oc2ccc(-c3ccccc3)cc2)c1C(N)=O. The van der Waals surface area contributed by atoms with Gasteiger partial charge in [0.25, 0.3) is 11.8 Å². The molecule has 6 heteroatoms. The van der Waals surface area contributed by atoms with Gasteiger partial charge in [-0.1, -0.05) is 56.3 Å². The Balaban J connectivity index is 1.74. The van der Waals surface area contributed by atoms with E-state index in [0.717, 1.165) is 21.6 Å². The van der Waals surface area contributed by atoms with E-state index in [-0.39, 0.29) is 5.91 Å². The Morgan fingerprint density at radius 1 is 1.03 bits per heavy atom.